The number of benzene rings is 1. The van der Waals surface area contributed by atoms with Crippen molar-refractivity contribution in [3.8, 4) is 5.75 Å². The monoisotopic (exact) mass is 248 g/mol. The van der Waals surface area contributed by atoms with Crippen LogP contribution < -0.4 is 10.6 Å². The van der Waals surface area contributed by atoms with Gasteiger partial charge in [0.2, 0.25) is 0 Å². The van der Waals surface area contributed by atoms with E-state index in [1.807, 2.05) is 0 Å². The standard InChI is InChI=1S/C14H20N2O2/c1-10-9-11(4-5-13(10)17)14(18)16-8-6-12-3-2-7-15-12/h4-5,9,12,15,17H,2-3,6-8H2,1H3,(H,16,18)/t12-/m1/s1. The SMILES string of the molecule is Cc1cc(C(=O)NCC[C@H]2CCCN2)ccc1O. The average Bonchev–Trinajstić information content (AvgIpc) is 2.85. The first-order valence-electron chi connectivity index (χ1n) is 6.48. The fourth-order valence-corrected chi connectivity index (χ4v) is 2.26. The van der Waals surface area contributed by atoms with Crippen molar-refractivity contribution in [3.05, 3.63) is 29.3 Å². The Morgan fingerprint density at radius 2 is 2.39 bits per heavy atom. The lowest BCUT2D eigenvalue weighted by atomic mass is 10.1. The zero-order valence-electron chi connectivity index (χ0n) is 10.7. The van der Waals surface area contributed by atoms with E-state index in [0.717, 1.165) is 18.5 Å². The van der Waals surface area contributed by atoms with Gasteiger partial charge in [-0.2, -0.15) is 0 Å². The topological polar surface area (TPSA) is 61.4 Å². The van der Waals surface area contributed by atoms with Crippen LogP contribution in [0.2, 0.25) is 0 Å². The Balaban J connectivity index is 1.81. The zero-order chi connectivity index (χ0) is 13.0. The highest BCUT2D eigenvalue weighted by molar-refractivity contribution is 5.94. The smallest absolute Gasteiger partial charge is 0.251 e. The van der Waals surface area contributed by atoms with Crippen molar-refractivity contribution in [2.24, 2.45) is 0 Å². The third-order valence-electron chi connectivity index (χ3n) is 3.40. The maximum Gasteiger partial charge on any atom is 0.251 e. The van der Waals surface area contributed by atoms with Crippen LogP contribution in [-0.4, -0.2) is 30.1 Å². The maximum absolute atomic E-state index is 11.9. The van der Waals surface area contributed by atoms with Crippen LogP contribution in [0.5, 0.6) is 5.75 Å². The number of phenols is 1. The van der Waals surface area contributed by atoms with Crippen LogP contribution in [0.25, 0.3) is 0 Å². The fourth-order valence-electron chi connectivity index (χ4n) is 2.26. The molecule has 1 amide bonds. The molecule has 0 spiro atoms. The highest BCUT2D eigenvalue weighted by Gasteiger charge is 2.14. The van der Waals surface area contributed by atoms with E-state index in [-0.39, 0.29) is 11.7 Å². The van der Waals surface area contributed by atoms with Gasteiger partial charge in [-0.25, -0.2) is 0 Å². The van der Waals surface area contributed by atoms with Gasteiger partial charge in [-0.1, -0.05) is 0 Å². The van der Waals surface area contributed by atoms with Crippen molar-refractivity contribution in [2.75, 3.05) is 13.1 Å². The minimum absolute atomic E-state index is 0.0731. The van der Waals surface area contributed by atoms with Crippen molar-refractivity contribution in [2.45, 2.75) is 32.2 Å². The summed E-state index contributed by atoms with van der Waals surface area (Å²) in [5, 5.41) is 15.7. The molecule has 1 aromatic rings. The lowest BCUT2D eigenvalue weighted by Crippen LogP contribution is -2.30. The van der Waals surface area contributed by atoms with E-state index in [0.29, 0.717) is 18.2 Å². The Hall–Kier alpha value is -1.55. The Kier molecular flexibility index (Phi) is 4.20. The number of hydrogen-bond donors (Lipinski definition) is 3. The highest BCUT2D eigenvalue weighted by atomic mass is 16.3. The van der Waals surface area contributed by atoms with Crippen molar-refractivity contribution < 1.29 is 9.90 Å². The summed E-state index contributed by atoms with van der Waals surface area (Å²) in [6.07, 6.45) is 3.41. The van der Waals surface area contributed by atoms with E-state index in [4.69, 9.17) is 0 Å². The minimum atomic E-state index is -0.0731. The summed E-state index contributed by atoms with van der Waals surface area (Å²) < 4.78 is 0. The Bertz CT molecular complexity index is 426. The van der Waals surface area contributed by atoms with Crippen LogP contribution >= 0.6 is 0 Å². The number of aromatic hydroxyl groups is 1. The molecule has 2 rings (SSSR count). The van der Waals surface area contributed by atoms with Gasteiger partial charge in [0.1, 0.15) is 5.75 Å². The summed E-state index contributed by atoms with van der Waals surface area (Å²) in [5.41, 5.74) is 1.32. The van der Waals surface area contributed by atoms with E-state index in [9.17, 15) is 9.90 Å². The largest absolute Gasteiger partial charge is 0.508 e. The lowest BCUT2D eigenvalue weighted by molar-refractivity contribution is 0.0952. The van der Waals surface area contributed by atoms with Crippen LogP contribution in [0.1, 0.15) is 35.2 Å². The second-order valence-electron chi connectivity index (χ2n) is 4.84. The summed E-state index contributed by atoms with van der Waals surface area (Å²) in [7, 11) is 0. The first-order chi connectivity index (χ1) is 8.66. The molecule has 0 bridgehead atoms. The summed E-state index contributed by atoms with van der Waals surface area (Å²) in [6, 6.07) is 5.46. The number of aryl methyl sites for hydroxylation is 1. The van der Waals surface area contributed by atoms with Gasteiger partial charge in [-0.05, 0) is 56.5 Å². The summed E-state index contributed by atoms with van der Waals surface area (Å²) >= 11 is 0. The molecule has 1 aliphatic rings. The van der Waals surface area contributed by atoms with Crippen LogP contribution in [0.3, 0.4) is 0 Å². The third kappa shape index (κ3) is 3.23. The number of phenolic OH excluding ortho intramolecular Hbond substituents is 1. The normalized spacial score (nSPS) is 18.8. The molecule has 0 aromatic heterocycles. The van der Waals surface area contributed by atoms with E-state index in [1.54, 1.807) is 25.1 Å². The van der Waals surface area contributed by atoms with E-state index in [1.165, 1.54) is 12.8 Å². The number of amides is 1. The molecule has 0 saturated carbocycles. The van der Waals surface area contributed by atoms with Gasteiger partial charge in [-0.15, -0.1) is 0 Å². The molecule has 1 atom stereocenters. The predicted molar refractivity (Wildman–Crippen MR) is 70.8 cm³/mol. The van der Waals surface area contributed by atoms with Gasteiger partial charge in [-0.3, -0.25) is 4.79 Å². The fraction of sp³-hybridized carbons (Fsp3) is 0.500. The van der Waals surface area contributed by atoms with Crippen LogP contribution in [0.4, 0.5) is 0 Å². The Morgan fingerprint density at radius 3 is 3.06 bits per heavy atom. The molecule has 1 heterocycles. The zero-order valence-corrected chi connectivity index (χ0v) is 10.7. The third-order valence-corrected chi connectivity index (χ3v) is 3.40. The summed E-state index contributed by atoms with van der Waals surface area (Å²) in [5.74, 6) is 0.151. The summed E-state index contributed by atoms with van der Waals surface area (Å²) in [4.78, 5) is 11.9. The molecule has 18 heavy (non-hydrogen) atoms. The van der Waals surface area contributed by atoms with Gasteiger partial charge in [0.15, 0.2) is 0 Å². The predicted octanol–water partition coefficient (Wildman–Crippen LogP) is 1.57. The maximum atomic E-state index is 11.9. The molecule has 0 radical (unpaired) electrons. The summed E-state index contributed by atoms with van der Waals surface area (Å²) in [6.45, 7) is 3.57. The lowest BCUT2D eigenvalue weighted by Gasteiger charge is -2.11. The quantitative estimate of drug-likeness (QED) is 0.758. The number of hydrogen-bond acceptors (Lipinski definition) is 3. The molecular formula is C14H20N2O2. The van der Waals surface area contributed by atoms with Crippen molar-refractivity contribution in [3.63, 3.8) is 0 Å². The van der Waals surface area contributed by atoms with Gasteiger partial charge in [0.25, 0.3) is 5.91 Å². The van der Waals surface area contributed by atoms with E-state index >= 15 is 0 Å². The molecule has 1 saturated heterocycles. The Morgan fingerprint density at radius 1 is 1.56 bits per heavy atom. The number of nitrogens with one attached hydrogen (secondary N) is 2. The van der Waals surface area contributed by atoms with Crippen LogP contribution in [0, 0.1) is 6.92 Å². The molecule has 98 valence electrons. The highest BCUT2D eigenvalue weighted by Crippen LogP contribution is 2.16. The number of rotatable bonds is 4. The molecule has 1 fully saturated rings. The van der Waals surface area contributed by atoms with Crippen molar-refractivity contribution >= 4 is 5.91 Å². The average molecular weight is 248 g/mol. The molecule has 1 aromatic carbocycles. The number of carbonyl (C=O) groups is 1. The minimum Gasteiger partial charge on any atom is -0.508 e. The van der Waals surface area contributed by atoms with Crippen LogP contribution in [-0.2, 0) is 0 Å². The number of carbonyl (C=O) groups excluding carboxylic acids is 1. The van der Waals surface area contributed by atoms with E-state index in [2.05, 4.69) is 10.6 Å². The van der Waals surface area contributed by atoms with Gasteiger partial charge in [0.05, 0.1) is 0 Å². The molecule has 0 aliphatic carbocycles. The molecular weight excluding hydrogens is 228 g/mol. The first kappa shape index (κ1) is 12.9. The molecule has 4 nitrogen and oxygen atoms in total. The van der Waals surface area contributed by atoms with Gasteiger partial charge >= 0.3 is 0 Å². The first-order valence-corrected chi connectivity index (χ1v) is 6.48. The molecule has 3 N–H and O–H groups in total. The second kappa shape index (κ2) is 5.87. The Labute approximate surface area is 107 Å². The molecule has 1 aliphatic heterocycles. The van der Waals surface area contributed by atoms with Gasteiger partial charge < -0.3 is 15.7 Å². The van der Waals surface area contributed by atoms with Gasteiger partial charge in [0, 0.05) is 18.2 Å². The van der Waals surface area contributed by atoms with Crippen molar-refractivity contribution in [1.82, 2.24) is 10.6 Å². The molecule has 0 unspecified atom stereocenters. The second-order valence-corrected chi connectivity index (χ2v) is 4.84. The van der Waals surface area contributed by atoms with Crippen LogP contribution in [0.15, 0.2) is 18.2 Å². The van der Waals surface area contributed by atoms with Crippen molar-refractivity contribution in [1.29, 1.82) is 0 Å². The molecule has 4 heteroatoms. The van der Waals surface area contributed by atoms with E-state index < -0.39 is 0 Å².